The van der Waals surface area contributed by atoms with E-state index in [0.717, 1.165) is 10.1 Å². The average molecular weight is 410 g/mol. The van der Waals surface area contributed by atoms with Gasteiger partial charge in [-0.15, -0.1) is 0 Å². The molecule has 1 aliphatic rings. The summed E-state index contributed by atoms with van der Waals surface area (Å²) in [5.41, 5.74) is -0.337. The molecular formula is C21H18N2O7. The molecule has 2 N–H and O–H groups in total. The number of ether oxygens (including phenoxy) is 3. The first-order valence-electron chi connectivity index (χ1n) is 8.98. The van der Waals surface area contributed by atoms with E-state index < -0.39 is 29.2 Å². The van der Waals surface area contributed by atoms with Gasteiger partial charge in [0.05, 0.1) is 19.9 Å². The summed E-state index contributed by atoms with van der Waals surface area (Å²) in [6, 6.07) is 9.93. The maximum atomic E-state index is 12.6. The Hall–Kier alpha value is -4.01. The maximum Gasteiger partial charge on any atom is 0.343 e. The number of aromatic nitrogens is 2. The van der Waals surface area contributed by atoms with Gasteiger partial charge in [-0.05, 0) is 30.7 Å². The van der Waals surface area contributed by atoms with Crippen molar-refractivity contribution in [3.63, 3.8) is 0 Å². The number of nitrogens with one attached hydrogen (secondary N) is 1. The number of benzene rings is 2. The second-order valence-electron chi connectivity index (χ2n) is 6.72. The van der Waals surface area contributed by atoms with Crippen LogP contribution in [0.3, 0.4) is 0 Å². The molecule has 1 atom stereocenters. The lowest BCUT2D eigenvalue weighted by atomic mass is 9.99. The number of esters is 1. The number of carbonyl (C=O) groups is 1. The van der Waals surface area contributed by atoms with Crippen molar-refractivity contribution in [2.75, 3.05) is 14.2 Å². The molecule has 4 rings (SSSR count). The van der Waals surface area contributed by atoms with E-state index in [1.54, 1.807) is 30.3 Å². The van der Waals surface area contributed by atoms with E-state index in [-0.39, 0.29) is 16.9 Å². The second-order valence-corrected chi connectivity index (χ2v) is 6.72. The van der Waals surface area contributed by atoms with E-state index in [4.69, 9.17) is 14.2 Å². The van der Waals surface area contributed by atoms with E-state index >= 15 is 0 Å². The average Bonchev–Trinajstić information content (AvgIpc) is 3.03. The topological polar surface area (TPSA) is 120 Å². The molecule has 3 aromatic rings. The smallest absolute Gasteiger partial charge is 0.343 e. The highest BCUT2D eigenvalue weighted by molar-refractivity contribution is 5.98. The Morgan fingerprint density at radius 1 is 1.10 bits per heavy atom. The molecule has 1 aromatic heterocycles. The van der Waals surface area contributed by atoms with Crippen LogP contribution in [-0.4, -0.2) is 34.8 Å². The quantitative estimate of drug-likeness (QED) is 0.630. The molecule has 0 saturated heterocycles. The summed E-state index contributed by atoms with van der Waals surface area (Å²) in [5.74, 6) is -0.880. The summed E-state index contributed by atoms with van der Waals surface area (Å²) in [7, 11) is 2.80. The molecule has 30 heavy (non-hydrogen) atoms. The summed E-state index contributed by atoms with van der Waals surface area (Å²) >= 11 is 0. The predicted molar refractivity (Wildman–Crippen MR) is 106 cm³/mol. The second kappa shape index (κ2) is 7.11. The van der Waals surface area contributed by atoms with Gasteiger partial charge in [-0.3, -0.25) is 9.78 Å². The summed E-state index contributed by atoms with van der Waals surface area (Å²) in [6.07, 6.45) is -1.23. The van der Waals surface area contributed by atoms with Gasteiger partial charge in [-0.2, -0.15) is 0 Å². The number of aromatic amines is 1. The molecule has 154 valence electrons. The SMILES string of the molecule is COc1ccc2c(c1OC)C(=O)O[C@@H]2c1c(O)n(-c2cccc(C)c2)c(=O)[nH]c1=O. The minimum Gasteiger partial charge on any atom is -0.494 e. The van der Waals surface area contributed by atoms with Crippen molar-refractivity contribution in [1.29, 1.82) is 0 Å². The van der Waals surface area contributed by atoms with Crippen LogP contribution >= 0.6 is 0 Å². The standard InChI is InChI=1S/C21H18N2O7/c1-10-5-4-6-11(9-10)23-19(25)15(18(24)22-21(23)27)16-12-7-8-13(28-2)17(29-3)14(12)20(26)30-16/h4-9,16,25H,1-3H3,(H,22,24,27)/t16-/m0/s1. The van der Waals surface area contributed by atoms with Gasteiger partial charge < -0.3 is 19.3 Å². The molecule has 0 radical (unpaired) electrons. The van der Waals surface area contributed by atoms with Gasteiger partial charge in [0.25, 0.3) is 5.56 Å². The van der Waals surface area contributed by atoms with Crippen molar-refractivity contribution in [1.82, 2.24) is 9.55 Å². The minimum atomic E-state index is -1.23. The summed E-state index contributed by atoms with van der Waals surface area (Å²) < 4.78 is 16.9. The van der Waals surface area contributed by atoms with Crippen LogP contribution in [0.1, 0.15) is 33.2 Å². The Bertz CT molecular complexity index is 1290. The highest BCUT2D eigenvalue weighted by Gasteiger charge is 2.40. The third-order valence-electron chi connectivity index (χ3n) is 4.93. The lowest BCUT2D eigenvalue weighted by Crippen LogP contribution is -2.32. The number of carbonyl (C=O) groups excluding carboxylic acids is 1. The zero-order chi connectivity index (χ0) is 21.6. The van der Waals surface area contributed by atoms with Crippen LogP contribution < -0.4 is 20.7 Å². The van der Waals surface area contributed by atoms with Crippen LogP contribution in [0.2, 0.25) is 0 Å². The molecule has 9 heteroatoms. The summed E-state index contributed by atoms with van der Waals surface area (Å²) in [4.78, 5) is 39.8. The molecule has 9 nitrogen and oxygen atoms in total. The first-order chi connectivity index (χ1) is 14.4. The number of methoxy groups -OCH3 is 2. The van der Waals surface area contributed by atoms with Crippen LogP contribution in [-0.2, 0) is 4.74 Å². The van der Waals surface area contributed by atoms with Crippen LogP contribution in [0, 0.1) is 6.92 Å². The van der Waals surface area contributed by atoms with E-state index in [2.05, 4.69) is 4.98 Å². The Labute approximate surface area is 170 Å². The van der Waals surface area contributed by atoms with Crippen LogP contribution in [0.15, 0.2) is 46.0 Å². The van der Waals surface area contributed by atoms with Gasteiger partial charge in [0.15, 0.2) is 17.6 Å². The molecule has 0 fully saturated rings. The summed E-state index contributed by atoms with van der Waals surface area (Å²) in [5, 5.41) is 10.9. The number of cyclic esters (lactones) is 1. The van der Waals surface area contributed by atoms with Gasteiger partial charge in [0.2, 0.25) is 5.88 Å². The fourth-order valence-corrected chi connectivity index (χ4v) is 3.60. The van der Waals surface area contributed by atoms with Crippen molar-refractivity contribution in [2.24, 2.45) is 0 Å². The van der Waals surface area contributed by atoms with Crippen molar-refractivity contribution in [2.45, 2.75) is 13.0 Å². The Morgan fingerprint density at radius 3 is 2.53 bits per heavy atom. The third-order valence-corrected chi connectivity index (χ3v) is 4.93. The highest BCUT2D eigenvalue weighted by Crippen LogP contribution is 2.45. The van der Waals surface area contributed by atoms with Crippen LogP contribution in [0.4, 0.5) is 0 Å². The zero-order valence-electron chi connectivity index (χ0n) is 16.4. The zero-order valence-corrected chi connectivity index (χ0v) is 16.4. The normalized spacial score (nSPS) is 14.9. The molecule has 2 aromatic carbocycles. The van der Waals surface area contributed by atoms with Crippen molar-refractivity contribution in [3.05, 3.63) is 79.5 Å². The Balaban J connectivity index is 1.96. The fourth-order valence-electron chi connectivity index (χ4n) is 3.60. The first kappa shape index (κ1) is 19.3. The summed E-state index contributed by atoms with van der Waals surface area (Å²) in [6.45, 7) is 1.83. The molecule has 0 unspecified atom stereocenters. The van der Waals surface area contributed by atoms with Crippen molar-refractivity contribution >= 4 is 5.97 Å². The van der Waals surface area contributed by atoms with Gasteiger partial charge in [0, 0.05) is 5.56 Å². The number of hydrogen-bond donors (Lipinski definition) is 2. The molecule has 0 bridgehead atoms. The molecule has 0 amide bonds. The minimum absolute atomic E-state index is 0.0916. The molecule has 0 saturated carbocycles. The molecular weight excluding hydrogens is 392 g/mol. The number of fused-ring (bicyclic) bond motifs is 1. The number of rotatable bonds is 4. The fraction of sp³-hybridized carbons (Fsp3) is 0.190. The van der Waals surface area contributed by atoms with Gasteiger partial charge in [-0.1, -0.05) is 18.2 Å². The highest BCUT2D eigenvalue weighted by atomic mass is 16.6. The van der Waals surface area contributed by atoms with Gasteiger partial charge >= 0.3 is 11.7 Å². The number of nitrogens with zero attached hydrogens (tertiary/aromatic N) is 1. The van der Waals surface area contributed by atoms with E-state index in [0.29, 0.717) is 17.0 Å². The predicted octanol–water partition coefficient (Wildman–Crippen LogP) is 1.82. The Kier molecular flexibility index (Phi) is 4.57. The number of hydrogen-bond acceptors (Lipinski definition) is 7. The molecule has 1 aliphatic heterocycles. The lowest BCUT2D eigenvalue weighted by Gasteiger charge is -2.16. The number of aromatic hydroxyl groups is 1. The van der Waals surface area contributed by atoms with E-state index in [9.17, 15) is 19.5 Å². The molecule has 2 heterocycles. The van der Waals surface area contributed by atoms with Gasteiger partial charge in [-0.25, -0.2) is 14.2 Å². The number of aryl methyl sites for hydroxylation is 1. The van der Waals surface area contributed by atoms with E-state index in [1.165, 1.54) is 14.2 Å². The Morgan fingerprint density at radius 2 is 1.87 bits per heavy atom. The maximum absolute atomic E-state index is 12.6. The van der Waals surface area contributed by atoms with E-state index in [1.807, 2.05) is 13.0 Å². The molecule has 0 aliphatic carbocycles. The monoisotopic (exact) mass is 410 g/mol. The van der Waals surface area contributed by atoms with Gasteiger partial charge in [0.1, 0.15) is 11.1 Å². The third kappa shape index (κ3) is 2.83. The lowest BCUT2D eigenvalue weighted by molar-refractivity contribution is 0.0447. The van der Waals surface area contributed by atoms with Crippen molar-refractivity contribution < 1.29 is 24.1 Å². The van der Waals surface area contributed by atoms with Crippen LogP contribution in [0.5, 0.6) is 17.4 Å². The first-order valence-corrected chi connectivity index (χ1v) is 8.98. The number of H-pyrrole nitrogens is 1. The van der Waals surface area contributed by atoms with Crippen LogP contribution in [0.25, 0.3) is 5.69 Å². The molecule has 0 spiro atoms. The largest absolute Gasteiger partial charge is 0.494 e. The van der Waals surface area contributed by atoms with Crippen molar-refractivity contribution in [3.8, 4) is 23.1 Å².